The average molecular weight is 288 g/mol. The maximum absolute atomic E-state index is 12.4. The molecule has 1 N–H and O–H groups in total. The number of nitrogens with one attached hydrogen (secondary N) is 1. The maximum atomic E-state index is 12.4. The zero-order valence-electron chi connectivity index (χ0n) is 12.5. The second kappa shape index (κ2) is 6.88. The largest absolute Gasteiger partial charge is 0.408 e. The highest BCUT2D eigenvalue weighted by atomic mass is 16.4. The monoisotopic (exact) mass is 288 g/mol. The molecule has 0 bridgehead atoms. The zero-order valence-corrected chi connectivity index (χ0v) is 12.5. The molecule has 2 aromatic rings. The number of carbonyl (C=O) groups is 1. The third kappa shape index (κ3) is 3.81. The summed E-state index contributed by atoms with van der Waals surface area (Å²) in [5.74, 6) is 0.501. The van der Waals surface area contributed by atoms with Crippen LogP contribution in [0.1, 0.15) is 30.8 Å². The Morgan fingerprint density at radius 3 is 2.62 bits per heavy atom. The highest BCUT2D eigenvalue weighted by Gasteiger charge is 2.24. The zero-order chi connectivity index (χ0) is 15.2. The summed E-state index contributed by atoms with van der Waals surface area (Å²) in [6.07, 6.45) is 1.66. The molecule has 1 unspecified atom stereocenters. The number of hydrogen-bond donors (Lipinski definition) is 1. The van der Waals surface area contributed by atoms with E-state index in [-0.39, 0.29) is 11.9 Å². The lowest BCUT2D eigenvalue weighted by molar-refractivity contribution is -0.129. The minimum absolute atomic E-state index is 0.0727. The topological polar surface area (TPSA) is 71.3 Å². The lowest BCUT2D eigenvalue weighted by Gasteiger charge is -2.21. The molecule has 6 nitrogen and oxygen atoms in total. The SMILES string of the molecule is CCCc1nnc(NC(C(=O)N(C)C)c2ccccc2)o1. The summed E-state index contributed by atoms with van der Waals surface area (Å²) >= 11 is 0. The molecular weight excluding hydrogens is 268 g/mol. The summed E-state index contributed by atoms with van der Waals surface area (Å²) in [4.78, 5) is 13.9. The van der Waals surface area contributed by atoms with E-state index in [0.717, 1.165) is 18.4 Å². The number of nitrogens with zero attached hydrogens (tertiary/aromatic N) is 3. The predicted molar refractivity (Wildman–Crippen MR) is 79.8 cm³/mol. The third-order valence-corrected chi connectivity index (χ3v) is 3.02. The Labute approximate surface area is 124 Å². The van der Waals surface area contributed by atoms with Gasteiger partial charge >= 0.3 is 6.01 Å². The fraction of sp³-hybridized carbons (Fsp3) is 0.400. The molecule has 2 rings (SSSR count). The molecule has 0 saturated heterocycles. The second-order valence-electron chi connectivity index (χ2n) is 4.97. The van der Waals surface area contributed by atoms with Gasteiger partial charge in [-0.1, -0.05) is 42.4 Å². The van der Waals surface area contributed by atoms with Gasteiger partial charge < -0.3 is 14.6 Å². The summed E-state index contributed by atoms with van der Waals surface area (Å²) in [5, 5.41) is 10.9. The first kappa shape index (κ1) is 15.0. The smallest absolute Gasteiger partial charge is 0.316 e. The van der Waals surface area contributed by atoms with Gasteiger partial charge in [-0.05, 0) is 12.0 Å². The van der Waals surface area contributed by atoms with Crippen molar-refractivity contribution < 1.29 is 9.21 Å². The van der Waals surface area contributed by atoms with Gasteiger partial charge in [-0.3, -0.25) is 4.79 Å². The van der Waals surface area contributed by atoms with Crippen LogP contribution in [-0.4, -0.2) is 35.1 Å². The van der Waals surface area contributed by atoms with Crippen molar-refractivity contribution in [2.24, 2.45) is 0 Å². The van der Waals surface area contributed by atoms with E-state index >= 15 is 0 Å². The van der Waals surface area contributed by atoms with Crippen molar-refractivity contribution in [3.8, 4) is 0 Å². The first-order valence-electron chi connectivity index (χ1n) is 6.96. The molecule has 1 amide bonds. The first-order chi connectivity index (χ1) is 10.1. The second-order valence-corrected chi connectivity index (χ2v) is 4.97. The van der Waals surface area contributed by atoms with E-state index in [1.54, 1.807) is 14.1 Å². The van der Waals surface area contributed by atoms with Crippen LogP contribution >= 0.6 is 0 Å². The Morgan fingerprint density at radius 1 is 1.29 bits per heavy atom. The van der Waals surface area contributed by atoms with E-state index in [1.165, 1.54) is 4.90 Å². The number of carbonyl (C=O) groups excluding carboxylic acids is 1. The molecule has 0 saturated carbocycles. The van der Waals surface area contributed by atoms with Gasteiger partial charge in [-0.2, -0.15) is 0 Å². The summed E-state index contributed by atoms with van der Waals surface area (Å²) in [5.41, 5.74) is 0.853. The van der Waals surface area contributed by atoms with Crippen LogP contribution in [0.5, 0.6) is 0 Å². The maximum Gasteiger partial charge on any atom is 0.316 e. The van der Waals surface area contributed by atoms with Crippen molar-refractivity contribution in [3.63, 3.8) is 0 Å². The van der Waals surface area contributed by atoms with E-state index in [0.29, 0.717) is 5.89 Å². The minimum Gasteiger partial charge on any atom is -0.408 e. The van der Waals surface area contributed by atoms with E-state index in [4.69, 9.17) is 4.42 Å². The number of aromatic nitrogens is 2. The molecule has 1 heterocycles. The summed E-state index contributed by atoms with van der Waals surface area (Å²) in [7, 11) is 3.44. The molecule has 21 heavy (non-hydrogen) atoms. The van der Waals surface area contributed by atoms with E-state index in [9.17, 15) is 4.79 Å². The van der Waals surface area contributed by atoms with Crippen molar-refractivity contribution in [3.05, 3.63) is 41.8 Å². The van der Waals surface area contributed by atoms with Gasteiger partial charge in [0.1, 0.15) is 6.04 Å². The quantitative estimate of drug-likeness (QED) is 0.882. The molecule has 1 aromatic heterocycles. The molecule has 0 radical (unpaired) electrons. The van der Waals surface area contributed by atoms with Gasteiger partial charge in [0.05, 0.1) is 0 Å². The lowest BCUT2D eigenvalue weighted by atomic mass is 10.1. The number of anilines is 1. The summed E-state index contributed by atoms with van der Waals surface area (Å²) in [6, 6.07) is 9.20. The molecule has 0 aliphatic carbocycles. The Bertz CT molecular complexity index is 580. The van der Waals surface area contributed by atoms with Crippen LogP contribution < -0.4 is 5.32 Å². The highest BCUT2D eigenvalue weighted by Crippen LogP contribution is 2.20. The molecule has 0 aliphatic heterocycles. The minimum atomic E-state index is -0.545. The first-order valence-corrected chi connectivity index (χ1v) is 6.96. The molecule has 1 atom stereocenters. The summed E-state index contributed by atoms with van der Waals surface area (Å²) < 4.78 is 5.50. The van der Waals surface area contributed by atoms with Crippen molar-refractivity contribution in [1.82, 2.24) is 15.1 Å². The van der Waals surface area contributed by atoms with Crippen LogP contribution in [0.4, 0.5) is 6.01 Å². The average Bonchev–Trinajstić information content (AvgIpc) is 2.93. The highest BCUT2D eigenvalue weighted by molar-refractivity contribution is 5.85. The van der Waals surface area contributed by atoms with Gasteiger partial charge in [0.2, 0.25) is 11.8 Å². The number of hydrogen-bond acceptors (Lipinski definition) is 5. The molecule has 6 heteroatoms. The lowest BCUT2D eigenvalue weighted by Crippen LogP contribution is -2.32. The normalized spacial score (nSPS) is 12.0. The van der Waals surface area contributed by atoms with Crippen LogP contribution in [-0.2, 0) is 11.2 Å². The number of benzene rings is 1. The van der Waals surface area contributed by atoms with Crippen LogP contribution in [0.2, 0.25) is 0 Å². The third-order valence-electron chi connectivity index (χ3n) is 3.02. The molecule has 0 fully saturated rings. The fourth-order valence-electron chi connectivity index (χ4n) is 1.94. The Hall–Kier alpha value is -2.37. The fourth-order valence-corrected chi connectivity index (χ4v) is 1.94. The van der Waals surface area contributed by atoms with E-state index in [2.05, 4.69) is 15.5 Å². The van der Waals surface area contributed by atoms with Gasteiger partial charge in [0.15, 0.2) is 0 Å². The number of aryl methyl sites for hydroxylation is 1. The number of amides is 1. The van der Waals surface area contributed by atoms with Crippen molar-refractivity contribution in [1.29, 1.82) is 0 Å². The Kier molecular flexibility index (Phi) is 4.92. The molecule has 112 valence electrons. The van der Waals surface area contributed by atoms with Crippen LogP contribution in [0.15, 0.2) is 34.7 Å². The number of likely N-dealkylation sites (N-methyl/N-ethyl adjacent to an activating group) is 1. The van der Waals surface area contributed by atoms with E-state index < -0.39 is 6.04 Å². The molecule has 0 aliphatic rings. The van der Waals surface area contributed by atoms with Gasteiger partial charge in [0, 0.05) is 20.5 Å². The standard InChI is InChI=1S/C15H20N4O2/c1-4-8-12-17-18-15(21-12)16-13(14(20)19(2)3)11-9-6-5-7-10-11/h5-7,9-10,13H,4,8H2,1-3H3,(H,16,18). The van der Waals surface area contributed by atoms with Gasteiger partial charge in [-0.15, -0.1) is 5.10 Å². The van der Waals surface area contributed by atoms with Crippen molar-refractivity contribution in [2.45, 2.75) is 25.8 Å². The van der Waals surface area contributed by atoms with Crippen molar-refractivity contribution in [2.75, 3.05) is 19.4 Å². The van der Waals surface area contributed by atoms with E-state index in [1.807, 2.05) is 37.3 Å². The molecular formula is C15H20N4O2. The summed E-state index contributed by atoms with van der Waals surface area (Å²) in [6.45, 7) is 2.04. The van der Waals surface area contributed by atoms with Gasteiger partial charge in [0.25, 0.3) is 0 Å². The molecule has 1 aromatic carbocycles. The van der Waals surface area contributed by atoms with Crippen LogP contribution in [0, 0.1) is 0 Å². The van der Waals surface area contributed by atoms with Gasteiger partial charge in [-0.25, -0.2) is 0 Å². The van der Waals surface area contributed by atoms with Crippen LogP contribution in [0.3, 0.4) is 0 Å². The Morgan fingerprint density at radius 2 is 2.00 bits per heavy atom. The molecule has 0 spiro atoms. The predicted octanol–water partition coefficient (Wildman–Crippen LogP) is 2.26. The van der Waals surface area contributed by atoms with Crippen molar-refractivity contribution >= 4 is 11.9 Å². The van der Waals surface area contributed by atoms with Crippen LogP contribution in [0.25, 0.3) is 0 Å². The number of rotatable bonds is 6. The Balaban J connectivity index is 2.21.